The van der Waals surface area contributed by atoms with Crippen molar-refractivity contribution in [3.05, 3.63) is 0 Å². The van der Waals surface area contributed by atoms with Crippen LogP contribution in [0.1, 0.15) is 32.6 Å². The van der Waals surface area contributed by atoms with E-state index in [0.717, 1.165) is 13.1 Å². The topological polar surface area (TPSA) is 32.3 Å². The van der Waals surface area contributed by atoms with Crippen LogP contribution in [0, 0.1) is 0 Å². The van der Waals surface area contributed by atoms with E-state index in [9.17, 15) is 4.79 Å². The molecule has 0 aromatic rings. The molecule has 2 rings (SSSR count). The van der Waals surface area contributed by atoms with Crippen LogP contribution in [0.15, 0.2) is 0 Å². The molecule has 0 bridgehead atoms. The highest BCUT2D eigenvalue weighted by molar-refractivity contribution is 7.99. The van der Waals surface area contributed by atoms with Crippen molar-refractivity contribution in [2.24, 2.45) is 0 Å². The monoisotopic (exact) mass is 242 g/mol. The first-order valence-electron chi connectivity index (χ1n) is 6.39. The van der Waals surface area contributed by atoms with Crippen LogP contribution in [-0.2, 0) is 4.79 Å². The van der Waals surface area contributed by atoms with Crippen molar-refractivity contribution in [1.82, 2.24) is 10.2 Å². The van der Waals surface area contributed by atoms with E-state index in [0.29, 0.717) is 6.04 Å². The molecule has 4 heteroatoms. The lowest BCUT2D eigenvalue weighted by molar-refractivity contribution is -0.126. The summed E-state index contributed by atoms with van der Waals surface area (Å²) in [5.41, 5.74) is 0. The minimum atomic E-state index is 0.0569. The summed E-state index contributed by atoms with van der Waals surface area (Å²) in [6.07, 6.45) is 4.90. The Bertz CT molecular complexity index is 235. The molecule has 1 aliphatic heterocycles. The van der Waals surface area contributed by atoms with Gasteiger partial charge in [0.1, 0.15) is 0 Å². The summed E-state index contributed by atoms with van der Waals surface area (Å²) in [5.74, 6) is 2.57. The van der Waals surface area contributed by atoms with Gasteiger partial charge in [-0.1, -0.05) is 12.8 Å². The van der Waals surface area contributed by atoms with Crippen LogP contribution in [0.5, 0.6) is 0 Å². The summed E-state index contributed by atoms with van der Waals surface area (Å²) in [4.78, 5) is 14.3. The second-order valence-corrected chi connectivity index (χ2v) is 6.04. The van der Waals surface area contributed by atoms with E-state index in [-0.39, 0.29) is 11.9 Å². The third-order valence-corrected chi connectivity index (χ3v) is 4.62. The van der Waals surface area contributed by atoms with Gasteiger partial charge in [0.25, 0.3) is 0 Å². The van der Waals surface area contributed by atoms with Crippen molar-refractivity contribution in [3.63, 3.8) is 0 Å². The summed E-state index contributed by atoms with van der Waals surface area (Å²) >= 11 is 1.99. The Morgan fingerprint density at radius 2 is 1.94 bits per heavy atom. The fraction of sp³-hybridized carbons (Fsp3) is 0.917. The zero-order valence-corrected chi connectivity index (χ0v) is 10.9. The first-order valence-corrected chi connectivity index (χ1v) is 7.55. The van der Waals surface area contributed by atoms with Crippen LogP contribution < -0.4 is 5.32 Å². The zero-order chi connectivity index (χ0) is 11.4. The van der Waals surface area contributed by atoms with Crippen LogP contribution in [0.3, 0.4) is 0 Å². The Kier molecular flexibility index (Phi) is 4.53. The third-order valence-electron chi connectivity index (χ3n) is 3.67. The van der Waals surface area contributed by atoms with Crippen LogP contribution in [0.25, 0.3) is 0 Å². The Morgan fingerprint density at radius 1 is 1.31 bits per heavy atom. The molecule has 3 nitrogen and oxygen atoms in total. The van der Waals surface area contributed by atoms with Crippen molar-refractivity contribution in [2.45, 2.75) is 44.7 Å². The van der Waals surface area contributed by atoms with Gasteiger partial charge < -0.3 is 5.32 Å². The molecule has 2 aliphatic rings. The average Bonchev–Trinajstić information content (AvgIpc) is 2.82. The summed E-state index contributed by atoms with van der Waals surface area (Å²) in [5, 5.41) is 3.19. The normalized spacial score (nSPS) is 25.6. The number of nitrogens with zero attached hydrogens (tertiary/aromatic N) is 1. The Morgan fingerprint density at radius 3 is 2.56 bits per heavy atom. The smallest absolute Gasteiger partial charge is 0.237 e. The lowest BCUT2D eigenvalue weighted by Gasteiger charge is -2.31. The molecule has 0 radical (unpaired) electrons. The van der Waals surface area contributed by atoms with Gasteiger partial charge in [0.2, 0.25) is 5.91 Å². The number of hydrogen-bond donors (Lipinski definition) is 1. The van der Waals surface area contributed by atoms with E-state index in [1.807, 2.05) is 18.7 Å². The zero-order valence-electron chi connectivity index (χ0n) is 10.1. The van der Waals surface area contributed by atoms with E-state index >= 15 is 0 Å². The first kappa shape index (κ1) is 12.2. The minimum absolute atomic E-state index is 0.0569. The average molecular weight is 242 g/mol. The van der Waals surface area contributed by atoms with Crippen molar-refractivity contribution >= 4 is 17.7 Å². The van der Waals surface area contributed by atoms with Gasteiger partial charge >= 0.3 is 0 Å². The van der Waals surface area contributed by atoms with Gasteiger partial charge in [0.15, 0.2) is 0 Å². The molecular weight excluding hydrogens is 220 g/mol. The second-order valence-electron chi connectivity index (χ2n) is 4.81. The van der Waals surface area contributed by atoms with Gasteiger partial charge in [-0.25, -0.2) is 0 Å². The van der Waals surface area contributed by atoms with E-state index in [1.165, 1.54) is 37.2 Å². The van der Waals surface area contributed by atoms with Gasteiger partial charge in [-0.05, 0) is 19.8 Å². The quantitative estimate of drug-likeness (QED) is 0.813. The van der Waals surface area contributed by atoms with Crippen molar-refractivity contribution in [3.8, 4) is 0 Å². The Balaban J connectivity index is 1.78. The fourth-order valence-electron chi connectivity index (χ4n) is 2.52. The van der Waals surface area contributed by atoms with Crippen LogP contribution >= 0.6 is 11.8 Å². The molecule has 1 aliphatic carbocycles. The number of thioether (sulfide) groups is 1. The highest BCUT2D eigenvalue weighted by Crippen LogP contribution is 2.18. The molecule has 1 heterocycles. The summed E-state index contributed by atoms with van der Waals surface area (Å²) in [6.45, 7) is 4.16. The maximum absolute atomic E-state index is 12.0. The van der Waals surface area contributed by atoms with Gasteiger partial charge in [-0.3, -0.25) is 9.69 Å². The number of nitrogens with one attached hydrogen (secondary N) is 1. The van der Waals surface area contributed by atoms with E-state index in [2.05, 4.69) is 10.2 Å². The molecule has 0 spiro atoms. The first-order chi connectivity index (χ1) is 7.77. The van der Waals surface area contributed by atoms with Crippen LogP contribution in [-0.4, -0.2) is 47.5 Å². The lowest BCUT2D eigenvalue weighted by atomic mass is 10.2. The van der Waals surface area contributed by atoms with Gasteiger partial charge in [-0.2, -0.15) is 11.8 Å². The van der Waals surface area contributed by atoms with E-state index in [4.69, 9.17) is 0 Å². The van der Waals surface area contributed by atoms with E-state index < -0.39 is 0 Å². The lowest BCUT2D eigenvalue weighted by Crippen LogP contribution is -2.50. The van der Waals surface area contributed by atoms with Crippen LogP contribution in [0.2, 0.25) is 0 Å². The van der Waals surface area contributed by atoms with Gasteiger partial charge in [0.05, 0.1) is 6.04 Å². The maximum Gasteiger partial charge on any atom is 0.237 e. The summed E-state index contributed by atoms with van der Waals surface area (Å²) < 4.78 is 0. The molecule has 1 atom stereocenters. The molecule has 0 unspecified atom stereocenters. The maximum atomic E-state index is 12.0. The van der Waals surface area contributed by atoms with Crippen molar-refractivity contribution < 1.29 is 4.79 Å². The molecule has 16 heavy (non-hydrogen) atoms. The largest absolute Gasteiger partial charge is 0.352 e. The number of amides is 1. The molecule has 2 fully saturated rings. The number of carbonyl (C=O) groups excluding carboxylic acids is 1. The standard InChI is InChI=1S/C12H22N2OS/c1-10(14-6-8-16-9-7-14)12(15)13-11-4-2-3-5-11/h10-11H,2-9H2,1H3,(H,13,15)/t10-/m1/s1. The fourth-order valence-corrected chi connectivity index (χ4v) is 3.45. The molecule has 92 valence electrons. The van der Waals surface area contributed by atoms with Gasteiger partial charge in [0, 0.05) is 30.6 Å². The number of carbonyl (C=O) groups is 1. The molecule has 1 N–H and O–H groups in total. The minimum Gasteiger partial charge on any atom is -0.352 e. The number of hydrogen-bond acceptors (Lipinski definition) is 3. The summed E-state index contributed by atoms with van der Waals surface area (Å²) in [7, 11) is 0. The predicted molar refractivity (Wildman–Crippen MR) is 68.8 cm³/mol. The van der Waals surface area contributed by atoms with E-state index in [1.54, 1.807) is 0 Å². The molecule has 1 saturated carbocycles. The SMILES string of the molecule is C[C@H](C(=O)NC1CCCC1)N1CCSCC1. The highest BCUT2D eigenvalue weighted by atomic mass is 32.2. The Labute approximate surface area is 102 Å². The van der Waals surface area contributed by atoms with Gasteiger partial charge in [-0.15, -0.1) is 0 Å². The highest BCUT2D eigenvalue weighted by Gasteiger charge is 2.25. The molecule has 0 aromatic heterocycles. The van der Waals surface area contributed by atoms with Crippen molar-refractivity contribution in [1.29, 1.82) is 0 Å². The molecular formula is C12H22N2OS. The molecule has 0 aromatic carbocycles. The molecule has 1 saturated heterocycles. The van der Waals surface area contributed by atoms with Crippen molar-refractivity contribution in [2.75, 3.05) is 24.6 Å². The molecule has 1 amide bonds. The Hall–Kier alpha value is -0.220. The number of rotatable bonds is 3. The van der Waals surface area contributed by atoms with Crippen LogP contribution in [0.4, 0.5) is 0 Å². The summed E-state index contributed by atoms with van der Waals surface area (Å²) in [6, 6.07) is 0.510. The second kappa shape index (κ2) is 5.92. The third kappa shape index (κ3) is 3.14. The predicted octanol–water partition coefficient (Wildman–Crippen LogP) is 1.48.